The molecule has 0 bridgehead atoms. The van der Waals surface area contributed by atoms with Gasteiger partial charge in [0.2, 0.25) is 0 Å². The predicted molar refractivity (Wildman–Crippen MR) is 84.5 cm³/mol. The number of hydrogen-bond donors (Lipinski definition) is 2. The number of hydrogen-bond acceptors (Lipinski definition) is 6. The van der Waals surface area contributed by atoms with Crippen molar-refractivity contribution in [3.8, 4) is 0 Å². The number of nitrogens with zero attached hydrogens (tertiary/aromatic N) is 1. The molecule has 2 N–H and O–H groups in total. The standard InChI is InChI=1S/C14H21N3O4S/c1-14(6-9-22(20,21)11-14)16-8-7-15-10-12-2-4-13(5-3-12)17(18)19/h2-5,15-16H,6-11H2,1H3/t14-/m1/s1. The average molecular weight is 327 g/mol. The van der Waals surface area contributed by atoms with Crippen LogP contribution in [0, 0.1) is 10.1 Å². The molecule has 0 aromatic heterocycles. The van der Waals surface area contributed by atoms with Gasteiger partial charge >= 0.3 is 0 Å². The highest BCUT2D eigenvalue weighted by molar-refractivity contribution is 7.91. The molecule has 1 saturated heterocycles. The number of nitro benzene ring substituents is 1. The molecule has 0 radical (unpaired) electrons. The van der Waals surface area contributed by atoms with Crippen LogP contribution >= 0.6 is 0 Å². The minimum Gasteiger partial charge on any atom is -0.311 e. The van der Waals surface area contributed by atoms with Gasteiger partial charge in [-0.2, -0.15) is 0 Å². The maximum absolute atomic E-state index is 11.5. The highest BCUT2D eigenvalue weighted by Gasteiger charge is 2.37. The topological polar surface area (TPSA) is 101 Å². The Labute approximate surface area is 130 Å². The molecule has 0 unspecified atom stereocenters. The number of rotatable bonds is 7. The van der Waals surface area contributed by atoms with Gasteiger partial charge in [-0.25, -0.2) is 8.42 Å². The normalized spacial score (nSPS) is 23.5. The molecular formula is C14H21N3O4S. The van der Waals surface area contributed by atoms with Gasteiger partial charge in [0.25, 0.3) is 5.69 Å². The maximum atomic E-state index is 11.5. The Morgan fingerprint density at radius 3 is 2.50 bits per heavy atom. The van der Waals surface area contributed by atoms with E-state index < -0.39 is 14.8 Å². The first-order valence-electron chi connectivity index (χ1n) is 7.19. The SMILES string of the molecule is C[C@@]1(NCCNCc2ccc([N+](=O)[O-])cc2)CCS(=O)(=O)C1. The summed E-state index contributed by atoms with van der Waals surface area (Å²) in [6.45, 7) is 3.94. The minimum atomic E-state index is -2.89. The highest BCUT2D eigenvalue weighted by Crippen LogP contribution is 2.22. The molecule has 2 rings (SSSR count). The third-order valence-corrected chi connectivity index (χ3v) is 5.74. The van der Waals surface area contributed by atoms with E-state index in [0.717, 1.165) is 5.56 Å². The molecule has 22 heavy (non-hydrogen) atoms. The van der Waals surface area contributed by atoms with Crippen molar-refractivity contribution in [1.29, 1.82) is 0 Å². The Bertz CT molecular complexity index is 630. The summed E-state index contributed by atoms with van der Waals surface area (Å²) in [4.78, 5) is 10.1. The van der Waals surface area contributed by atoms with E-state index in [1.54, 1.807) is 12.1 Å². The largest absolute Gasteiger partial charge is 0.311 e. The summed E-state index contributed by atoms with van der Waals surface area (Å²) >= 11 is 0. The molecule has 0 saturated carbocycles. The monoisotopic (exact) mass is 327 g/mol. The lowest BCUT2D eigenvalue weighted by Gasteiger charge is -2.24. The van der Waals surface area contributed by atoms with Crippen molar-refractivity contribution >= 4 is 15.5 Å². The van der Waals surface area contributed by atoms with E-state index >= 15 is 0 Å². The lowest BCUT2D eigenvalue weighted by atomic mass is 10.0. The molecule has 0 amide bonds. The van der Waals surface area contributed by atoms with Gasteiger partial charge in [-0.3, -0.25) is 10.1 Å². The first-order valence-corrected chi connectivity index (χ1v) is 9.01. The third-order valence-electron chi connectivity index (χ3n) is 3.83. The van der Waals surface area contributed by atoms with Crippen LogP contribution in [0.2, 0.25) is 0 Å². The van der Waals surface area contributed by atoms with E-state index in [2.05, 4.69) is 10.6 Å². The van der Waals surface area contributed by atoms with E-state index in [-0.39, 0.29) is 22.7 Å². The van der Waals surface area contributed by atoms with E-state index in [1.165, 1.54) is 12.1 Å². The Kier molecular flexibility index (Phi) is 5.15. The van der Waals surface area contributed by atoms with Gasteiger partial charge in [-0.1, -0.05) is 12.1 Å². The van der Waals surface area contributed by atoms with Crippen LogP contribution in [-0.4, -0.2) is 43.5 Å². The van der Waals surface area contributed by atoms with E-state index in [0.29, 0.717) is 26.1 Å². The van der Waals surface area contributed by atoms with Crippen LogP contribution in [0.4, 0.5) is 5.69 Å². The van der Waals surface area contributed by atoms with Gasteiger partial charge in [0.05, 0.1) is 16.4 Å². The zero-order valence-electron chi connectivity index (χ0n) is 12.5. The van der Waals surface area contributed by atoms with Crippen molar-refractivity contribution in [2.45, 2.75) is 25.4 Å². The summed E-state index contributed by atoms with van der Waals surface area (Å²) in [7, 11) is -2.89. The van der Waals surface area contributed by atoms with Crippen molar-refractivity contribution in [1.82, 2.24) is 10.6 Å². The van der Waals surface area contributed by atoms with Crippen LogP contribution in [0.25, 0.3) is 0 Å². The summed E-state index contributed by atoms with van der Waals surface area (Å²) in [5.74, 6) is 0.453. The molecule has 1 aromatic carbocycles. The van der Waals surface area contributed by atoms with Crippen LogP contribution in [-0.2, 0) is 16.4 Å². The second-order valence-corrected chi connectivity index (χ2v) is 8.11. The number of sulfone groups is 1. The number of nitro groups is 1. The van der Waals surface area contributed by atoms with Gasteiger partial charge in [-0.15, -0.1) is 0 Å². The lowest BCUT2D eigenvalue weighted by molar-refractivity contribution is -0.384. The summed E-state index contributed by atoms with van der Waals surface area (Å²) in [5, 5.41) is 17.1. The van der Waals surface area contributed by atoms with Crippen LogP contribution in [0.1, 0.15) is 18.9 Å². The summed E-state index contributed by atoms with van der Waals surface area (Å²) in [5.41, 5.74) is 0.731. The number of benzene rings is 1. The Morgan fingerprint density at radius 2 is 1.95 bits per heavy atom. The Balaban J connectivity index is 1.68. The molecule has 1 heterocycles. The quantitative estimate of drug-likeness (QED) is 0.437. The molecule has 1 fully saturated rings. The molecule has 1 atom stereocenters. The van der Waals surface area contributed by atoms with E-state index in [1.807, 2.05) is 6.92 Å². The van der Waals surface area contributed by atoms with Gasteiger partial charge in [0.15, 0.2) is 9.84 Å². The molecule has 0 spiro atoms. The van der Waals surface area contributed by atoms with Crippen molar-refractivity contribution in [2.24, 2.45) is 0 Å². The summed E-state index contributed by atoms with van der Waals surface area (Å²) < 4.78 is 23.0. The van der Waals surface area contributed by atoms with Crippen molar-refractivity contribution < 1.29 is 13.3 Å². The smallest absolute Gasteiger partial charge is 0.269 e. The third kappa shape index (κ3) is 4.75. The van der Waals surface area contributed by atoms with Crippen molar-refractivity contribution in [3.05, 3.63) is 39.9 Å². The zero-order chi connectivity index (χ0) is 16.2. The maximum Gasteiger partial charge on any atom is 0.269 e. The average Bonchev–Trinajstić information content (AvgIpc) is 2.73. The second kappa shape index (κ2) is 6.72. The molecule has 0 aliphatic carbocycles. The summed E-state index contributed by atoms with van der Waals surface area (Å²) in [6, 6.07) is 6.42. The minimum absolute atomic E-state index is 0.0841. The predicted octanol–water partition coefficient (Wildman–Crippen LogP) is 0.851. The molecule has 8 heteroatoms. The van der Waals surface area contributed by atoms with Crippen LogP contribution in [0.3, 0.4) is 0 Å². The van der Waals surface area contributed by atoms with Gasteiger partial charge < -0.3 is 10.6 Å². The highest BCUT2D eigenvalue weighted by atomic mass is 32.2. The van der Waals surface area contributed by atoms with Gasteiger partial charge in [-0.05, 0) is 18.9 Å². The fourth-order valence-electron chi connectivity index (χ4n) is 2.57. The molecule has 1 aliphatic rings. The number of nitrogens with one attached hydrogen (secondary N) is 2. The fraction of sp³-hybridized carbons (Fsp3) is 0.571. The molecule has 1 aromatic rings. The first kappa shape index (κ1) is 16.9. The van der Waals surface area contributed by atoms with Crippen LogP contribution < -0.4 is 10.6 Å². The van der Waals surface area contributed by atoms with Gasteiger partial charge in [0.1, 0.15) is 0 Å². The number of non-ortho nitro benzene ring substituents is 1. The zero-order valence-corrected chi connectivity index (χ0v) is 13.4. The summed E-state index contributed by atoms with van der Waals surface area (Å²) in [6.07, 6.45) is 0.650. The fourth-order valence-corrected chi connectivity index (χ4v) is 4.69. The molecule has 7 nitrogen and oxygen atoms in total. The second-order valence-electron chi connectivity index (χ2n) is 5.93. The van der Waals surface area contributed by atoms with Crippen LogP contribution in [0.15, 0.2) is 24.3 Å². The van der Waals surface area contributed by atoms with E-state index in [9.17, 15) is 18.5 Å². The Hall–Kier alpha value is -1.51. The molecule has 1 aliphatic heterocycles. The van der Waals surface area contributed by atoms with Crippen molar-refractivity contribution in [3.63, 3.8) is 0 Å². The lowest BCUT2D eigenvalue weighted by Crippen LogP contribution is -2.46. The molecular weight excluding hydrogens is 306 g/mol. The van der Waals surface area contributed by atoms with Gasteiger partial charge in [0, 0.05) is 37.3 Å². The van der Waals surface area contributed by atoms with Crippen LogP contribution in [0.5, 0.6) is 0 Å². The van der Waals surface area contributed by atoms with Crippen molar-refractivity contribution in [2.75, 3.05) is 24.6 Å². The molecule has 122 valence electrons. The first-order chi connectivity index (χ1) is 10.3. The van der Waals surface area contributed by atoms with E-state index in [4.69, 9.17) is 0 Å². The Morgan fingerprint density at radius 1 is 1.27 bits per heavy atom.